The quantitative estimate of drug-likeness (QED) is 0.660. The van der Waals surface area contributed by atoms with Crippen molar-refractivity contribution >= 4 is 11.7 Å². The van der Waals surface area contributed by atoms with E-state index in [0.717, 1.165) is 23.3 Å². The van der Waals surface area contributed by atoms with Gasteiger partial charge in [0.1, 0.15) is 0 Å². The molecule has 1 aromatic heterocycles. The molecule has 0 radical (unpaired) electrons. The molecule has 1 aliphatic heterocycles. The summed E-state index contributed by atoms with van der Waals surface area (Å²) in [6.07, 6.45) is 3.99. The molecule has 2 N–H and O–H groups in total. The van der Waals surface area contributed by atoms with Crippen LogP contribution in [0.2, 0.25) is 0 Å². The first-order valence-electron chi connectivity index (χ1n) is 10.2. The fourth-order valence-electron chi connectivity index (χ4n) is 3.35. The topological polar surface area (TPSA) is 94.5 Å². The Balaban J connectivity index is 1.39. The predicted octanol–water partition coefficient (Wildman–Crippen LogP) is 3.34. The van der Waals surface area contributed by atoms with E-state index in [-0.39, 0.29) is 17.8 Å². The molecule has 2 amide bonds. The van der Waals surface area contributed by atoms with Gasteiger partial charge in [-0.2, -0.15) is 0 Å². The molecule has 0 saturated carbocycles. The normalized spacial score (nSPS) is 13.7. The fourth-order valence-corrected chi connectivity index (χ4v) is 3.35. The molecule has 1 atom stereocenters. The Hall–Kier alpha value is -3.81. The van der Waals surface area contributed by atoms with Crippen molar-refractivity contribution in [3.05, 3.63) is 82.5 Å². The molecule has 0 saturated heterocycles. The number of urea groups is 1. The Morgan fingerprint density at radius 3 is 2.81 bits per heavy atom. The molecule has 31 heavy (non-hydrogen) atoms. The molecule has 160 valence electrons. The Morgan fingerprint density at radius 1 is 1.13 bits per heavy atom. The number of rotatable bonds is 5. The molecule has 1 aliphatic rings. The number of carbonyl (C=O) groups is 1. The van der Waals surface area contributed by atoms with E-state index in [1.54, 1.807) is 18.3 Å². The van der Waals surface area contributed by atoms with E-state index in [4.69, 9.17) is 9.47 Å². The molecule has 0 aliphatic carbocycles. The second-order valence-corrected chi connectivity index (χ2v) is 7.31. The van der Waals surface area contributed by atoms with E-state index < -0.39 is 0 Å². The second-order valence-electron chi connectivity index (χ2n) is 7.31. The van der Waals surface area contributed by atoms with E-state index >= 15 is 0 Å². The first-order chi connectivity index (χ1) is 15.1. The average Bonchev–Trinajstić information content (AvgIpc) is 3.00. The summed E-state index contributed by atoms with van der Waals surface area (Å²) in [6, 6.07) is 14.2. The van der Waals surface area contributed by atoms with Crippen LogP contribution in [0.1, 0.15) is 30.5 Å². The van der Waals surface area contributed by atoms with Crippen LogP contribution in [0.25, 0.3) is 0 Å². The number of amides is 2. The highest BCUT2D eigenvalue weighted by molar-refractivity contribution is 5.89. The van der Waals surface area contributed by atoms with Gasteiger partial charge in [-0.1, -0.05) is 18.2 Å². The van der Waals surface area contributed by atoms with Crippen LogP contribution in [0, 0.1) is 0 Å². The lowest BCUT2D eigenvalue weighted by atomic mass is 10.1. The molecule has 2 aromatic carbocycles. The minimum absolute atomic E-state index is 0.227. The minimum Gasteiger partial charge on any atom is -0.490 e. The van der Waals surface area contributed by atoms with Crippen LogP contribution in [0.3, 0.4) is 0 Å². The number of fused-ring (bicyclic) bond motifs is 1. The number of anilines is 1. The van der Waals surface area contributed by atoms with Crippen LogP contribution in [0.5, 0.6) is 11.5 Å². The summed E-state index contributed by atoms with van der Waals surface area (Å²) >= 11 is 0. The van der Waals surface area contributed by atoms with Crippen LogP contribution in [-0.2, 0) is 6.54 Å². The molecule has 0 fully saturated rings. The Bertz CT molecular complexity index is 1130. The number of carbonyl (C=O) groups excluding carboxylic acids is 1. The first-order valence-corrected chi connectivity index (χ1v) is 10.2. The van der Waals surface area contributed by atoms with Gasteiger partial charge in [-0.3, -0.25) is 4.57 Å². The van der Waals surface area contributed by atoms with Crippen molar-refractivity contribution in [2.24, 2.45) is 0 Å². The van der Waals surface area contributed by atoms with Crippen LogP contribution in [0.4, 0.5) is 10.5 Å². The SMILES string of the molecule is CC(NC(=O)Nc1cccc(Cn2cccnc2=O)c1)c1ccc2c(c1)OCCCO2. The Labute approximate surface area is 179 Å². The number of hydrogen-bond donors (Lipinski definition) is 2. The second kappa shape index (κ2) is 9.34. The van der Waals surface area contributed by atoms with Gasteiger partial charge in [0, 0.05) is 24.5 Å². The number of nitrogens with zero attached hydrogens (tertiary/aromatic N) is 2. The van der Waals surface area contributed by atoms with Crippen molar-refractivity contribution in [1.82, 2.24) is 14.9 Å². The predicted molar refractivity (Wildman–Crippen MR) is 117 cm³/mol. The summed E-state index contributed by atoms with van der Waals surface area (Å²) in [6.45, 7) is 3.53. The molecular formula is C23H24N4O4. The van der Waals surface area contributed by atoms with Gasteiger partial charge in [0.2, 0.25) is 0 Å². The smallest absolute Gasteiger partial charge is 0.347 e. The van der Waals surface area contributed by atoms with E-state index in [9.17, 15) is 9.59 Å². The van der Waals surface area contributed by atoms with Gasteiger partial charge in [-0.05, 0) is 48.4 Å². The Morgan fingerprint density at radius 2 is 1.97 bits per heavy atom. The molecule has 4 rings (SSSR count). The lowest BCUT2D eigenvalue weighted by molar-refractivity contribution is 0.249. The highest BCUT2D eigenvalue weighted by Crippen LogP contribution is 2.32. The zero-order valence-electron chi connectivity index (χ0n) is 17.2. The molecule has 8 heteroatoms. The highest BCUT2D eigenvalue weighted by Gasteiger charge is 2.15. The molecule has 1 unspecified atom stereocenters. The van der Waals surface area contributed by atoms with E-state index in [1.807, 2.05) is 43.3 Å². The molecular weight excluding hydrogens is 396 g/mol. The van der Waals surface area contributed by atoms with Crippen LogP contribution < -0.4 is 25.8 Å². The first kappa shape index (κ1) is 20.5. The number of aromatic nitrogens is 2. The average molecular weight is 420 g/mol. The van der Waals surface area contributed by atoms with Crippen molar-refractivity contribution < 1.29 is 14.3 Å². The summed E-state index contributed by atoms with van der Waals surface area (Å²) < 4.78 is 12.9. The molecule has 8 nitrogen and oxygen atoms in total. The van der Waals surface area contributed by atoms with Gasteiger partial charge in [0.15, 0.2) is 11.5 Å². The number of benzene rings is 2. The van der Waals surface area contributed by atoms with Gasteiger partial charge < -0.3 is 20.1 Å². The highest BCUT2D eigenvalue weighted by atomic mass is 16.5. The van der Waals surface area contributed by atoms with Gasteiger partial charge >= 0.3 is 11.7 Å². The summed E-state index contributed by atoms with van der Waals surface area (Å²) in [4.78, 5) is 28.1. The van der Waals surface area contributed by atoms with Crippen molar-refractivity contribution in [1.29, 1.82) is 0 Å². The zero-order chi connectivity index (χ0) is 21.6. The van der Waals surface area contributed by atoms with Crippen LogP contribution in [0.15, 0.2) is 65.7 Å². The van der Waals surface area contributed by atoms with Crippen LogP contribution >= 0.6 is 0 Å². The fraction of sp³-hybridized carbons (Fsp3) is 0.261. The van der Waals surface area contributed by atoms with Gasteiger partial charge in [0.05, 0.1) is 25.8 Å². The third kappa shape index (κ3) is 5.22. The van der Waals surface area contributed by atoms with Crippen molar-refractivity contribution in [3.63, 3.8) is 0 Å². The third-order valence-electron chi connectivity index (χ3n) is 4.94. The number of ether oxygens (including phenoxy) is 2. The maximum Gasteiger partial charge on any atom is 0.347 e. The zero-order valence-corrected chi connectivity index (χ0v) is 17.2. The lowest BCUT2D eigenvalue weighted by Crippen LogP contribution is -2.31. The monoisotopic (exact) mass is 420 g/mol. The van der Waals surface area contributed by atoms with Gasteiger partial charge in [0.25, 0.3) is 0 Å². The Kier molecular flexibility index (Phi) is 6.16. The number of nitrogens with one attached hydrogen (secondary N) is 2. The van der Waals surface area contributed by atoms with Gasteiger partial charge in [-0.25, -0.2) is 14.6 Å². The minimum atomic E-state index is -0.324. The van der Waals surface area contributed by atoms with Crippen LogP contribution in [-0.4, -0.2) is 28.8 Å². The van der Waals surface area contributed by atoms with E-state index in [1.165, 1.54) is 10.8 Å². The maximum atomic E-state index is 12.5. The molecule has 2 heterocycles. The van der Waals surface area contributed by atoms with Gasteiger partial charge in [-0.15, -0.1) is 0 Å². The molecule has 0 bridgehead atoms. The summed E-state index contributed by atoms with van der Waals surface area (Å²) in [5, 5.41) is 5.78. The summed E-state index contributed by atoms with van der Waals surface area (Å²) in [7, 11) is 0. The van der Waals surface area contributed by atoms with Crippen molar-refractivity contribution in [3.8, 4) is 11.5 Å². The van der Waals surface area contributed by atoms with Crippen molar-refractivity contribution in [2.45, 2.75) is 25.9 Å². The molecule has 0 spiro atoms. The lowest BCUT2D eigenvalue weighted by Gasteiger charge is -2.17. The van der Waals surface area contributed by atoms with E-state index in [0.29, 0.717) is 31.2 Å². The summed E-state index contributed by atoms with van der Waals surface area (Å²) in [5.41, 5.74) is 2.12. The maximum absolute atomic E-state index is 12.5. The molecule has 3 aromatic rings. The number of hydrogen-bond acceptors (Lipinski definition) is 5. The van der Waals surface area contributed by atoms with E-state index in [2.05, 4.69) is 15.6 Å². The standard InChI is InChI=1S/C23H24N4O4/c1-16(18-7-8-20-21(14-18)31-12-4-11-30-20)25-22(28)26-19-6-2-5-17(13-19)15-27-10-3-9-24-23(27)29/h2-3,5-10,13-14,16H,4,11-12,15H2,1H3,(H2,25,26,28). The van der Waals surface area contributed by atoms with Crippen molar-refractivity contribution in [2.75, 3.05) is 18.5 Å². The summed E-state index contributed by atoms with van der Waals surface area (Å²) in [5.74, 6) is 1.42. The largest absolute Gasteiger partial charge is 0.490 e. The third-order valence-corrected chi connectivity index (χ3v) is 4.94.